The summed E-state index contributed by atoms with van der Waals surface area (Å²) < 4.78 is 0. The number of aliphatic carboxylic acids is 1. The molecule has 2 bridgehead atoms. The van der Waals surface area contributed by atoms with Gasteiger partial charge in [-0.2, -0.15) is 0 Å². The van der Waals surface area contributed by atoms with Crippen LogP contribution in [-0.2, 0) is 4.79 Å². The lowest BCUT2D eigenvalue weighted by Gasteiger charge is -2.38. The van der Waals surface area contributed by atoms with E-state index in [-0.39, 0.29) is 5.41 Å². The van der Waals surface area contributed by atoms with Crippen molar-refractivity contribution >= 4 is 12.0 Å². The van der Waals surface area contributed by atoms with Gasteiger partial charge in [-0.3, -0.25) is 0 Å². The predicted octanol–water partition coefficient (Wildman–Crippen LogP) is 5.56. The van der Waals surface area contributed by atoms with E-state index in [1.54, 1.807) is 0 Å². The Morgan fingerprint density at radius 2 is 1.96 bits per heavy atom. The SMILES string of the molecule is CC1(C)C2CCC1(C)C(C=C(CC=Cc1ccccc1)C(=O)O)C2. The molecule has 1 aromatic carbocycles. The van der Waals surface area contributed by atoms with E-state index in [0.29, 0.717) is 23.3 Å². The van der Waals surface area contributed by atoms with Crippen LogP contribution in [0.2, 0.25) is 0 Å². The van der Waals surface area contributed by atoms with Crippen molar-refractivity contribution in [3.8, 4) is 0 Å². The number of hydrogen-bond acceptors (Lipinski definition) is 1. The molecule has 1 N–H and O–H groups in total. The Bertz CT molecular complexity index is 668. The standard InChI is InChI=1S/C22H28O2/c1-21(2)18-12-13-22(21,3)19(15-18)14-17(20(23)24)11-7-10-16-8-5-4-6-9-16/h4-10,14,18-19H,11-13,15H2,1-3H3,(H,23,24). The Kier molecular flexibility index (Phi) is 4.42. The second kappa shape index (κ2) is 6.23. The van der Waals surface area contributed by atoms with Gasteiger partial charge in [-0.05, 0) is 53.9 Å². The summed E-state index contributed by atoms with van der Waals surface area (Å²) in [5, 5.41) is 9.61. The van der Waals surface area contributed by atoms with Gasteiger partial charge >= 0.3 is 5.97 Å². The van der Waals surface area contributed by atoms with E-state index >= 15 is 0 Å². The molecule has 2 fully saturated rings. The van der Waals surface area contributed by atoms with Crippen molar-refractivity contribution in [3.63, 3.8) is 0 Å². The zero-order chi connectivity index (χ0) is 17.4. The largest absolute Gasteiger partial charge is 0.478 e. The molecule has 3 atom stereocenters. The predicted molar refractivity (Wildman–Crippen MR) is 98.5 cm³/mol. The summed E-state index contributed by atoms with van der Waals surface area (Å²) in [6, 6.07) is 10.0. The van der Waals surface area contributed by atoms with Gasteiger partial charge in [0.25, 0.3) is 0 Å². The van der Waals surface area contributed by atoms with E-state index in [1.807, 2.05) is 42.5 Å². The molecular formula is C22H28O2. The van der Waals surface area contributed by atoms with Crippen molar-refractivity contribution in [2.75, 3.05) is 0 Å². The molecule has 2 nitrogen and oxygen atoms in total. The quantitative estimate of drug-likeness (QED) is 0.720. The highest BCUT2D eigenvalue weighted by molar-refractivity contribution is 5.87. The molecule has 24 heavy (non-hydrogen) atoms. The number of benzene rings is 1. The van der Waals surface area contributed by atoms with Crippen LogP contribution in [0.4, 0.5) is 0 Å². The van der Waals surface area contributed by atoms with Gasteiger partial charge in [0.05, 0.1) is 0 Å². The Morgan fingerprint density at radius 1 is 1.25 bits per heavy atom. The molecule has 2 aliphatic rings. The number of carboxylic acids is 1. The molecule has 0 amide bonds. The van der Waals surface area contributed by atoms with Crippen molar-refractivity contribution in [1.29, 1.82) is 0 Å². The summed E-state index contributed by atoms with van der Waals surface area (Å²) >= 11 is 0. The maximum Gasteiger partial charge on any atom is 0.331 e. The Labute approximate surface area is 145 Å². The lowest BCUT2D eigenvalue weighted by Crippen LogP contribution is -2.31. The fraction of sp³-hybridized carbons (Fsp3) is 0.500. The van der Waals surface area contributed by atoms with Crippen LogP contribution in [0.15, 0.2) is 48.1 Å². The van der Waals surface area contributed by atoms with Gasteiger partial charge in [-0.25, -0.2) is 4.79 Å². The van der Waals surface area contributed by atoms with Crippen molar-refractivity contribution in [1.82, 2.24) is 0 Å². The maximum absolute atomic E-state index is 11.7. The van der Waals surface area contributed by atoms with Crippen LogP contribution in [0.3, 0.4) is 0 Å². The minimum Gasteiger partial charge on any atom is -0.478 e. The zero-order valence-electron chi connectivity index (χ0n) is 15.0. The van der Waals surface area contributed by atoms with Crippen LogP contribution >= 0.6 is 0 Å². The van der Waals surface area contributed by atoms with Gasteiger partial charge in [-0.15, -0.1) is 0 Å². The van der Waals surface area contributed by atoms with E-state index in [9.17, 15) is 9.90 Å². The number of rotatable bonds is 5. The van der Waals surface area contributed by atoms with Gasteiger partial charge in [0, 0.05) is 5.57 Å². The molecular weight excluding hydrogens is 296 g/mol. The van der Waals surface area contributed by atoms with E-state index in [2.05, 4.69) is 26.8 Å². The molecule has 3 unspecified atom stereocenters. The maximum atomic E-state index is 11.7. The van der Waals surface area contributed by atoms with Crippen molar-refractivity contribution in [2.45, 2.75) is 46.5 Å². The molecule has 0 aromatic heterocycles. The highest BCUT2D eigenvalue weighted by Gasteiger charge is 2.60. The molecule has 2 saturated carbocycles. The number of allylic oxidation sites excluding steroid dienone is 2. The Balaban J connectivity index is 1.76. The van der Waals surface area contributed by atoms with Crippen LogP contribution in [0.1, 0.15) is 52.0 Å². The minimum atomic E-state index is -0.781. The molecule has 2 aliphatic carbocycles. The third-order valence-electron chi connectivity index (χ3n) is 6.99. The van der Waals surface area contributed by atoms with Crippen LogP contribution in [0, 0.1) is 22.7 Å². The summed E-state index contributed by atoms with van der Waals surface area (Å²) in [4.78, 5) is 11.7. The average molecular weight is 324 g/mol. The summed E-state index contributed by atoms with van der Waals surface area (Å²) in [6.45, 7) is 7.10. The van der Waals surface area contributed by atoms with Crippen LogP contribution in [-0.4, -0.2) is 11.1 Å². The highest BCUT2D eigenvalue weighted by Crippen LogP contribution is 2.68. The first-order chi connectivity index (χ1) is 11.3. The molecule has 0 spiro atoms. The first-order valence-corrected chi connectivity index (χ1v) is 9.00. The van der Waals surface area contributed by atoms with Crippen LogP contribution in [0.5, 0.6) is 0 Å². The third kappa shape index (κ3) is 2.83. The average Bonchev–Trinajstić information content (AvgIpc) is 2.88. The fourth-order valence-corrected chi connectivity index (χ4v) is 4.87. The molecule has 0 aliphatic heterocycles. The van der Waals surface area contributed by atoms with Gasteiger partial charge in [0.15, 0.2) is 0 Å². The van der Waals surface area contributed by atoms with Crippen molar-refractivity contribution < 1.29 is 9.90 Å². The minimum absolute atomic E-state index is 0.238. The molecule has 0 saturated heterocycles. The van der Waals surface area contributed by atoms with E-state index in [0.717, 1.165) is 17.9 Å². The lowest BCUT2D eigenvalue weighted by atomic mass is 9.66. The third-order valence-corrected chi connectivity index (χ3v) is 6.99. The van der Waals surface area contributed by atoms with Crippen molar-refractivity contribution in [3.05, 3.63) is 53.6 Å². The summed E-state index contributed by atoms with van der Waals surface area (Å²) in [5.41, 5.74) is 2.20. The second-order valence-corrected chi connectivity index (χ2v) is 8.23. The highest BCUT2D eigenvalue weighted by atomic mass is 16.4. The van der Waals surface area contributed by atoms with Gasteiger partial charge in [0.2, 0.25) is 0 Å². The number of fused-ring (bicyclic) bond motifs is 2. The fourth-order valence-electron chi connectivity index (χ4n) is 4.87. The van der Waals surface area contributed by atoms with E-state index in [4.69, 9.17) is 0 Å². The van der Waals surface area contributed by atoms with Gasteiger partial charge < -0.3 is 5.11 Å². The first kappa shape index (κ1) is 17.0. The summed E-state index contributed by atoms with van der Waals surface area (Å²) in [7, 11) is 0. The van der Waals surface area contributed by atoms with Gasteiger partial charge in [-0.1, -0.05) is 69.3 Å². The summed E-state index contributed by atoms with van der Waals surface area (Å²) in [5.74, 6) is 0.345. The Morgan fingerprint density at radius 3 is 2.50 bits per heavy atom. The monoisotopic (exact) mass is 324 g/mol. The number of hydrogen-bond donors (Lipinski definition) is 1. The molecule has 2 heteroatoms. The topological polar surface area (TPSA) is 37.3 Å². The summed E-state index contributed by atoms with van der Waals surface area (Å²) in [6.07, 6.45) is 10.2. The van der Waals surface area contributed by atoms with Crippen molar-refractivity contribution in [2.24, 2.45) is 22.7 Å². The molecule has 1 aromatic rings. The smallest absolute Gasteiger partial charge is 0.331 e. The lowest BCUT2D eigenvalue weighted by molar-refractivity contribution is -0.132. The molecule has 0 heterocycles. The zero-order valence-corrected chi connectivity index (χ0v) is 15.0. The molecule has 128 valence electrons. The number of carboxylic acid groups (broad SMARTS) is 1. The molecule has 0 radical (unpaired) electrons. The Hall–Kier alpha value is -1.83. The second-order valence-electron chi connectivity index (χ2n) is 8.23. The van der Waals surface area contributed by atoms with E-state index in [1.165, 1.54) is 12.8 Å². The normalized spacial score (nSPS) is 31.7. The van der Waals surface area contributed by atoms with Crippen LogP contribution in [0.25, 0.3) is 6.08 Å². The molecule has 3 rings (SSSR count). The van der Waals surface area contributed by atoms with Crippen LogP contribution < -0.4 is 0 Å². The number of carbonyl (C=O) groups is 1. The van der Waals surface area contributed by atoms with E-state index < -0.39 is 5.97 Å². The first-order valence-electron chi connectivity index (χ1n) is 9.00. The van der Waals surface area contributed by atoms with Gasteiger partial charge in [0.1, 0.15) is 0 Å².